The van der Waals surface area contributed by atoms with Gasteiger partial charge in [-0.25, -0.2) is 9.78 Å². The summed E-state index contributed by atoms with van der Waals surface area (Å²) >= 11 is 0. The van der Waals surface area contributed by atoms with Crippen LogP contribution in [-0.4, -0.2) is 20.6 Å². The zero-order chi connectivity index (χ0) is 25.6. The van der Waals surface area contributed by atoms with Crippen molar-refractivity contribution in [2.45, 2.75) is 33.0 Å². The van der Waals surface area contributed by atoms with Crippen LogP contribution in [0.5, 0.6) is 0 Å². The highest BCUT2D eigenvalue weighted by molar-refractivity contribution is 5.94. The van der Waals surface area contributed by atoms with Crippen molar-refractivity contribution in [3.8, 4) is 6.07 Å². The number of anilines is 2. The fraction of sp³-hybridized carbons (Fsp3) is 0.214. The van der Waals surface area contributed by atoms with Crippen LogP contribution in [0.25, 0.3) is 10.9 Å². The zero-order valence-corrected chi connectivity index (χ0v) is 20.2. The molecule has 5 rings (SSSR count). The number of hydrogen-bond acceptors (Lipinski definition) is 6. The first-order valence-electron chi connectivity index (χ1n) is 11.6. The summed E-state index contributed by atoms with van der Waals surface area (Å²) in [6.45, 7) is 5.00. The van der Waals surface area contributed by atoms with Crippen molar-refractivity contribution in [2.24, 2.45) is 7.05 Å². The number of fused-ring (bicyclic) bond motifs is 2. The summed E-state index contributed by atoms with van der Waals surface area (Å²) in [6, 6.07) is 18.1. The second kappa shape index (κ2) is 8.86. The van der Waals surface area contributed by atoms with Gasteiger partial charge in [0.1, 0.15) is 0 Å². The van der Waals surface area contributed by atoms with Gasteiger partial charge in [-0.2, -0.15) is 5.26 Å². The van der Waals surface area contributed by atoms with E-state index in [0.29, 0.717) is 41.2 Å². The van der Waals surface area contributed by atoms with Gasteiger partial charge in [0.25, 0.3) is 5.56 Å². The van der Waals surface area contributed by atoms with Crippen LogP contribution in [0.4, 0.5) is 11.6 Å². The number of aromatic carboxylic acids is 1. The molecule has 1 atom stereocenters. The Morgan fingerprint density at radius 1 is 1.14 bits per heavy atom. The van der Waals surface area contributed by atoms with E-state index >= 15 is 0 Å². The van der Waals surface area contributed by atoms with Gasteiger partial charge in [-0.1, -0.05) is 24.3 Å². The summed E-state index contributed by atoms with van der Waals surface area (Å²) < 4.78 is 1.57. The number of para-hydroxylation sites is 1. The Hall–Kier alpha value is -4.64. The summed E-state index contributed by atoms with van der Waals surface area (Å²) in [5.41, 5.74) is 5.61. The SMILES string of the molecule is Cc1cc(C(C)Nc2ccccc2C(=O)O)c2nc(N3Cc4ccc(C#N)cc4C3)n(C)c(=O)c2c1. The molecule has 0 fully saturated rings. The van der Waals surface area contributed by atoms with Gasteiger partial charge in [0.15, 0.2) is 0 Å². The number of nitrogens with one attached hydrogen (secondary N) is 1. The van der Waals surface area contributed by atoms with Crippen molar-refractivity contribution in [2.75, 3.05) is 10.2 Å². The fourth-order valence-electron chi connectivity index (χ4n) is 4.87. The van der Waals surface area contributed by atoms with Crippen LogP contribution in [-0.2, 0) is 20.1 Å². The van der Waals surface area contributed by atoms with Crippen LogP contribution >= 0.6 is 0 Å². The Kier molecular flexibility index (Phi) is 5.69. The van der Waals surface area contributed by atoms with Crippen LogP contribution in [0.3, 0.4) is 0 Å². The molecule has 1 aliphatic rings. The van der Waals surface area contributed by atoms with Gasteiger partial charge in [0.05, 0.1) is 34.1 Å². The number of aryl methyl sites for hydroxylation is 1. The van der Waals surface area contributed by atoms with E-state index in [4.69, 9.17) is 4.98 Å². The second-order valence-corrected chi connectivity index (χ2v) is 9.19. The highest BCUT2D eigenvalue weighted by Crippen LogP contribution is 2.31. The molecule has 2 N–H and O–H groups in total. The predicted molar refractivity (Wildman–Crippen MR) is 138 cm³/mol. The molecule has 1 unspecified atom stereocenters. The summed E-state index contributed by atoms with van der Waals surface area (Å²) in [5.74, 6) is -0.465. The molecule has 8 heteroatoms. The zero-order valence-electron chi connectivity index (χ0n) is 20.2. The molecule has 3 aromatic carbocycles. The van der Waals surface area contributed by atoms with Crippen molar-refractivity contribution in [1.82, 2.24) is 9.55 Å². The van der Waals surface area contributed by atoms with Crippen molar-refractivity contribution in [3.05, 3.63) is 98.3 Å². The van der Waals surface area contributed by atoms with Crippen molar-refractivity contribution >= 4 is 28.5 Å². The monoisotopic (exact) mass is 479 g/mol. The molecule has 0 aliphatic carbocycles. The first kappa shape index (κ1) is 23.1. The number of carboxylic acid groups (broad SMARTS) is 1. The van der Waals surface area contributed by atoms with Crippen LogP contribution in [0.15, 0.2) is 59.4 Å². The van der Waals surface area contributed by atoms with Crippen molar-refractivity contribution in [1.29, 1.82) is 5.26 Å². The molecule has 1 aromatic heterocycles. The summed E-state index contributed by atoms with van der Waals surface area (Å²) in [5, 5.41) is 22.6. The van der Waals surface area contributed by atoms with E-state index in [2.05, 4.69) is 11.4 Å². The van der Waals surface area contributed by atoms with Gasteiger partial charge >= 0.3 is 5.97 Å². The molecule has 1 aliphatic heterocycles. The van der Waals surface area contributed by atoms with Gasteiger partial charge < -0.3 is 15.3 Å². The molecule has 0 saturated carbocycles. The molecule has 0 spiro atoms. The van der Waals surface area contributed by atoms with Crippen LogP contribution in [0.1, 0.15) is 51.1 Å². The van der Waals surface area contributed by atoms with E-state index in [1.54, 1.807) is 41.9 Å². The molecule has 0 bridgehead atoms. The van der Waals surface area contributed by atoms with Gasteiger partial charge in [0, 0.05) is 31.4 Å². The third-order valence-electron chi connectivity index (χ3n) is 6.67. The number of carbonyl (C=O) groups is 1. The third kappa shape index (κ3) is 3.95. The standard InChI is InChI=1S/C28H25N5O3/c1-16-10-22(17(2)30-24-7-5-4-6-21(24)27(35)36)25-23(11-16)26(34)32(3)28(31-25)33-14-19-9-8-18(13-29)12-20(19)15-33/h4-12,17,30H,14-15H2,1-3H3,(H,35,36). The molecule has 36 heavy (non-hydrogen) atoms. The molecule has 0 saturated heterocycles. The van der Waals surface area contributed by atoms with Crippen LogP contribution in [0.2, 0.25) is 0 Å². The lowest BCUT2D eigenvalue weighted by Crippen LogP contribution is -2.28. The largest absolute Gasteiger partial charge is 0.478 e. The lowest BCUT2D eigenvalue weighted by molar-refractivity contribution is 0.0698. The Balaban J connectivity index is 1.59. The number of aromatic nitrogens is 2. The minimum Gasteiger partial charge on any atom is -0.478 e. The van der Waals surface area contributed by atoms with Gasteiger partial charge in [0.2, 0.25) is 5.95 Å². The molecular weight excluding hydrogens is 454 g/mol. The third-order valence-corrected chi connectivity index (χ3v) is 6.67. The molecule has 4 aromatic rings. The summed E-state index contributed by atoms with van der Waals surface area (Å²) in [4.78, 5) is 32.2. The Morgan fingerprint density at radius 3 is 2.64 bits per heavy atom. The summed E-state index contributed by atoms with van der Waals surface area (Å²) in [7, 11) is 1.72. The molecular formula is C28H25N5O3. The van der Waals surface area contributed by atoms with E-state index in [-0.39, 0.29) is 17.2 Å². The van der Waals surface area contributed by atoms with Crippen LogP contribution < -0.4 is 15.8 Å². The van der Waals surface area contributed by atoms with E-state index in [1.165, 1.54) is 0 Å². The smallest absolute Gasteiger partial charge is 0.337 e. The highest BCUT2D eigenvalue weighted by atomic mass is 16.4. The fourth-order valence-corrected chi connectivity index (χ4v) is 4.87. The minimum absolute atomic E-state index is 0.147. The van der Waals surface area contributed by atoms with E-state index in [0.717, 1.165) is 22.3 Å². The second-order valence-electron chi connectivity index (χ2n) is 9.19. The summed E-state index contributed by atoms with van der Waals surface area (Å²) in [6.07, 6.45) is 0. The first-order valence-corrected chi connectivity index (χ1v) is 11.6. The Bertz CT molecular complexity index is 1630. The predicted octanol–water partition coefficient (Wildman–Crippen LogP) is 4.51. The lowest BCUT2D eigenvalue weighted by Gasteiger charge is -2.23. The number of rotatable bonds is 5. The van der Waals surface area contributed by atoms with Crippen molar-refractivity contribution in [3.63, 3.8) is 0 Å². The topological polar surface area (TPSA) is 111 Å². The Morgan fingerprint density at radius 2 is 1.89 bits per heavy atom. The lowest BCUT2D eigenvalue weighted by atomic mass is 10.0. The van der Waals surface area contributed by atoms with Gasteiger partial charge in [-0.05, 0) is 60.9 Å². The molecule has 180 valence electrons. The van der Waals surface area contributed by atoms with E-state index in [1.807, 2.05) is 43.0 Å². The average molecular weight is 480 g/mol. The number of benzene rings is 3. The average Bonchev–Trinajstić information content (AvgIpc) is 3.29. The Labute approximate surface area is 208 Å². The number of nitriles is 1. The van der Waals surface area contributed by atoms with E-state index < -0.39 is 5.97 Å². The highest BCUT2D eigenvalue weighted by Gasteiger charge is 2.25. The van der Waals surface area contributed by atoms with Crippen molar-refractivity contribution < 1.29 is 9.90 Å². The van der Waals surface area contributed by atoms with Crippen LogP contribution in [0, 0.1) is 18.3 Å². The molecule has 0 amide bonds. The normalized spacial score (nSPS) is 13.3. The minimum atomic E-state index is -1.01. The van der Waals surface area contributed by atoms with E-state index in [9.17, 15) is 20.0 Å². The quantitative estimate of drug-likeness (QED) is 0.433. The molecule has 0 radical (unpaired) electrons. The first-order chi connectivity index (χ1) is 17.3. The number of carboxylic acids is 1. The van der Waals surface area contributed by atoms with Gasteiger partial charge in [-0.3, -0.25) is 9.36 Å². The number of nitrogens with zero attached hydrogens (tertiary/aromatic N) is 4. The van der Waals surface area contributed by atoms with Gasteiger partial charge in [-0.15, -0.1) is 0 Å². The maximum Gasteiger partial charge on any atom is 0.337 e. The molecule has 2 heterocycles. The number of hydrogen-bond donors (Lipinski definition) is 2. The molecule has 8 nitrogen and oxygen atoms in total. The maximum atomic E-state index is 13.5. The maximum absolute atomic E-state index is 13.5.